The average molecular weight is 374 g/mol. The van der Waals surface area contributed by atoms with Gasteiger partial charge in [-0.3, -0.25) is 4.79 Å². The maximum absolute atomic E-state index is 12.0. The lowest BCUT2D eigenvalue weighted by Gasteiger charge is -2.18. The van der Waals surface area contributed by atoms with Crippen molar-refractivity contribution in [3.8, 4) is 11.3 Å². The van der Waals surface area contributed by atoms with Crippen molar-refractivity contribution in [2.45, 2.75) is 18.0 Å². The number of imidazole rings is 1. The van der Waals surface area contributed by atoms with Crippen LogP contribution in [0, 0.1) is 0 Å². The summed E-state index contributed by atoms with van der Waals surface area (Å²) in [4.78, 5) is 18.6. The number of thioether (sulfide) groups is 1. The minimum Gasteiger partial charge on any atom is -0.312 e. The average Bonchev–Trinajstić information content (AvgIpc) is 3.34. The number of benzene rings is 2. The first kappa shape index (κ1) is 16.3. The van der Waals surface area contributed by atoms with Crippen LogP contribution >= 0.6 is 11.8 Å². The summed E-state index contributed by atoms with van der Waals surface area (Å²) in [5.74, 6) is 0.972. The molecule has 3 aromatic rings. The molecule has 5 nitrogen and oxygen atoms in total. The maximum Gasteiger partial charge on any atom is 0.227 e. The topological polar surface area (TPSA) is 50.5 Å². The van der Waals surface area contributed by atoms with E-state index in [1.807, 2.05) is 46.1 Å². The number of amides is 1. The highest BCUT2D eigenvalue weighted by Gasteiger charge is 2.23. The molecule has 2 aromatic carbocycles. The second-order valence-electron chi connectivity index (χ2n) is 6.65. The lowest BCUT2D eigenvalue weighted by atomic mass is 10.1. The Bertz CT molecular complexity index is 1040. The van der Waals surface area contributed by atoms with E-state index in [4.69, 9.17) is 10.1 Å². The van der Waals surface area contributed by atoms with Crippen LogP contribution < -0.4 is 4.90 Å². The van der Waals surface area contributed by atoms with Crippen LogP contribution in [-0.2, 0) is 4.79 Å². The van der Waals surface area contributed by atoms with Crippen LogP contribution in [0.2, 0.25) is 0 Å². The van der Waals surface area contributed by atoms with Gasteiger partial charge in [-0.2, -0.15) is 5.10 Å². The molecule has 6 heteroatoms. The molecule has 1 amide bonds. The predicted molar refractivity (Wildman–Crippen MR) is 108 cm³/mol. The first-order valence-electron chi connectivity index (χ1n) is 9.04. The van der Waals surface area contributed by atoms with Gasteiger partial charge >= 0.3 is 0 Å². The Balaban J connectivity index is 1.47. The van der Waals surface area contributed by atoms with Gasteiger partial charge in [-0.25, -0.2) is 9.66 Å². The third kappa shape index (κ3) is 3.06. The van der Waals surface area contributed by atoms with Gasteiger partial charge in [0.05, 0.1) is 17.6 Å². The van der Waals surface area contributed by atoms with Gasteiger partial charge in [0.1, 0.15) is 0 Å². The van der Waals surface area contributed by atoms with Gasteiger partial charge in [0.15, 0.2) is 5.16 Å². The van der Waals surface area contributed by atoms with Crippen molar-refractivity contribution in [1.82, 2.24) is 9.66 Å². The van der Waals surface area contributed by atoms with Crippen molar-refractivity contribution >= 4 is 29.1 Å². The molecular formula is C21H18N4OS. The molecule has 1 saturated heterocycles. The van der Waals surface area contributed by atoms with Gasteiger partial charge in [0, 0.05) is 35.5 Å². The molecule has 0 radical (unpaired) electrons. The molecule has 3 heterocycles. The van der Waals surface area contributed by atoms with Crippen LogP contribution in [0.4, 0.5) is 5.69 Å². The number of carbonyl (C=O) groups excluding carboxylic acids is 1. The number of carbonyl (C=O) groups is 1. The molecule has 0 bridgehead atoms. The van der Waals surface area contributed by atoms with Crippen LogP contribution in [0.3, 0.4) is 0 Å². The minimum atomic E-state index is 0.205. The first-order chi connectivity index (χ1) is 13.3. The van der Waals surface area contributed by atoms with Crippen LogP contribution in [0.5, 0.6) is 0 Å². The molecule has 1 aromatic heterocycles. The Morgan fingerprint density at radius 2 is 1.85 bits per heavy atom. The predicted octanol–water partition coefficient (Wildman–Crippen LogP) is 4.04. The zero-order valence-corrected chi connectivity index (χ0v) is 15.5. The quantitative estimate of drug-likeness (QED) is 0.695. The standard InChI is InChI=1S/C21H18N4OS/c26-20-10-5-11-24(20)17-9-4-8-16(12-17)19-14-27-21-22-18(13-25(21)23-19)15-6-2-1-3-7-15/h1-4,6-9,12-13H,5,10-11,14H2. The third-order valence-corrected chi connectivity index (χ3v) is 5.81. The molecular weight excluding hydrogens is 356 g/mol. The number of fused-ring (bicyclic) bond motifs is 1. The Labute approximate surface area is 161 Å². The van der Waals surface area contributed by atoms with Crippen molar-refractivity contribution < 1.29 is 4.79 Å². The van der Waals surface area contributed by atoms with E-state index in [2.05, 4.69) is 24.3 Å². The fraction of sp³-hybridized carbons (Fsp3) is 0.190. The molecule has 0 atom stereocenters. The molecule has 1 fully saturated rings. The number of nitrogens with zero attached hydrogens (tertiary/aromatic N) is 4. The largest absolute Gasteiger partial charge is 0.312 e. The first-order valence-corrected chi connectivity index (χ1v) is 10.0. The molecule has 0 aliphatic carbocycles. The smallest absolute Gasteiger partial charge is 0.227 e. The molecule has 134 valence electrons. The van der Waals surface area contributed by atoms with E-state index >= 15 is 0 Å². The number of anilines is 1. The summed E-state index contributed by atoms with van der Waals surface area (Å²) in [5.41, 5.74) is 5.04. The van der Waals surface area contributed by atoms with E-state index in [0.29, 0.717) is 6.42 Å². The monoisotopic (exact) mass is 374 g/mol. The lowest BCUT2D eigenvalue weighted by Crippen LogP contribution is -2.24. The van der Waals surface area contributed by atoms with E-state index < -0.39 is 0 Å². The number of hydrogen-bond acceptors (Lipinski definition) is 4. The van der Waals surface area contributed by atoms with Crippen LogP contribution in [0.15, 0.2) is 71.1 Å². The van der Waals surface area contributed by atoms with Crippen LogP contribution in [0.25, 0.3) is 11.3 Å². The second kappa shape index (κ2) is 6.70. The highest BCUT2D eigenvalue weighted by Crippen LogP contribution is 2.29. The van der Waals surface area contributed by atoms with Gasteiger partial charge < -0.3 is 4.90 Å². The summed E-state index contributed by atoms with van der Waals surface area (Å²) in [6.07, 6.45) is 3.55. The summed E-state index contributed by atoms with van der Waals surface area (Å²) < 4.78 is 1.86. The molecule has 0 spiro atoms. The van der Waals surface area contributed by atoms with Gasteiger partial charge in [0.25, 0.3) is 0 Å². The van der Waals surface area contributed by atoms with Crippen molar-refractivity contribution in [3.63, 3.8) is 0 Å². The van der Waals surface area contributed by atoms with Gasteiger partial charge in [0.2, 0.25) is 5.91 Å². The Kier molecular flexibility index (Phi) is 4.05. The van der Waals surface area contributed by atoms with Gasteiger partial charge in [-0.1, -0.05) is 54.2 Å². The summed E-state index contributed by atoms with van der Waals surface area (Å²) in [6, 6.07) is 18.3. The minimum absolute atomic E-state index is 0.205. The molecule has 2 aliphatic rings. The third-order valence-electron chi connectivity index (χ3n) is 4.86. The van der Waals surface area contributed by atoms with Crippen molar-refractivity contribution in [1.29, 1.82) is 0 Å². The van der Waals surface area contributed by atoms with Gasteiger partial charge in [-0.05, 0) is 18.6 Å². The van der Waals surface area contributed by atoms with E-state index in [-0.39, 0.29) is 5.91 Å². The molecule has 2 aliphatic heterocycles. The van der Waals surface area contributed by atoms with E-state index in [1.165, 1.54) is 0 Å². The lowest BCUT2D eigenvalue weighted by molar-refractivity contribution is -0.117. The Hall–Kier alpha value is -2.86. The van der Waals surface area contributed by atoms with E-state index in [9.17, 15) is 4.79 Å². The number of hydrogen-bond donors (Lipinski definition) is 0. The highest BCUT2D eigenvalue weighted by atomic mass is 32.2. The molecule has 0 N–H and O–H groups in total. The number of rotatable bonds is 3. The van der Waals surface area contributed by atoms with Crippen molar-refractivity contribution in [2.75, 3.05) is 17.2 Å². The second-order valence-corrected chi connectivity index (χ2v) is 7.60. The molecule has 5 rings (SSSR count). The Morgan fingerprint density at radius 1 is 1.00 bits per heavy atom. The van der Waals surface area contributed by atoms with E-state index in [0.717, 1.165) is 52.1 Å². The molecule has 0 unspecified atom stereocenters. The SMILES string of the molecule is O=C1CCCN1c1cccc(C2=Nn3cc(-c4ccccc4)nc3SC2)c1. The van der Waals surface area contributed by atoms with Crippen molar-refractivity contribution in [3.05, 3.63) is 66.4 Å². The summed E-state index contributed by atoms with van der Waals surface area (Å²) in [5, 5.41) is 5.70. The summed E-state index contributed by atoms with van der Waals surface area (Å²) in [7, 11) is 0. The highest BCUT2D eigenvalue weighted by molar-refractivity contribution is 7.99. The van der Waals surface area contributed by atoms with Crippen LogP contribution in [0.1, 0.15) is 18.4 Å². The number of aromatic nitrogens is 2. The van der Waals surface area contributed by atoms with E-state index in [1.54, 1.807) is 11.8 Å². The summed E-state index contributed by atoms with van der Waals surface area (Å²) >= 11 is 1.69. The fourth-order valence-corrected chi connectivity index (χ4v) is 4.36. The van der Waals surface area contributed by atoms with Crippen LogP contribution in [-0.4, -0.2) is 33.6 Å². The summed E-state index contributed by atoms with van der Waals surface area (Å²) in [6.45, 7) is 0.801. The maximum atomic E-state index is 12.0. The fourth-order valence-electron chi connectivity index (χ4n) is 3.48. The normalized spacial score (nSPS) is 16.4. The van der Waals surface area contributed by atoms with Gasteiger partial charge in [-0.15, -0.1) is 0 Å². The Morgan fingerprint density at radius 3 is 2.67 bits per heavy atom. The zero-order valence-electron chi connectivity index (χ0n) is 14.7. The van der Waals surface area contributed by atoms with Crippen molar-refractivity contribution in [2.24, 2.45) is 5.10 Å². The zero-order chi connectivity index (χ0) is 18.2. The molecule has 0 saturated carbocycles. The molecule has 27 heavy (non-hydrogen) atoms.